The van der Waals surface area contributed by atoms with E-state index in [2.05, 4.69) is 23.5 Å². The normalized spacial score (nSPS) is 16.5. The summed E-state index contributed by atoms with van der Waals surface area (Å²) in [7, 11) is 1.75. The number of nitrogens with one attached hydrogen (secondary N) is 1. The van der Waals surface area contributed by atoms with E-state index in [1.165, 1.54) is 17.5 Å². The van der Waals surface area contributed by atoms with Crippen molar-refractivity contribution in [2.75, 3.05) is 13.7 Å². The first kappa shape index (κ1) is 17.0. The van der Waals surface area contributed by atoms with Crippen LogP contribution in [0.2, 0.25) is 0 Å². The number of methoxy groups -OCH3 is 1. The molecule has 1 aliphatic carbocycles. The summed E-state index contributed by atoms with van der Waals surface area (Å²) in [5.41, 5.74) is 2.83. The van der Waals surface area contributed by atoms with Crippen LogP contribution in [-0.2, 0) is 24.1 Å². The third-order valence-electron chi connectivity index (χ3n) is 4.79. The lowest BCUT2D eigenvalue weighted by molar-refractivity contribution is -0.120. The summed E-state index contributed by atoms with van der Waals surface area (Å²) in [6, 6.07) is 10.4. The van der Waals surface area contributed by atoms with Crippen molar-refractivity contribution in [1.82, 2.24) is 5.32 Å². The SMILES string of the molecule is COc1cccc2c1C[C@H](CCCNC(=O)Cc1cccs1)CC2. The van der Waals surface area contributed by atoms with Crippen molar-refractivity contribution in [1.29, 1.82) is 0 Å². The van der Waals surface area contributed by atoms with Gasteiger partial charge in [-0.3, -0.25) is 4.79 Å². The van der Waals surface area contributed by atoms with Gasteiger partial charge in [-0.1, -0.05) is 18.2 Å². The average molecular weight is 343 g/mol. The fourth-order valence-electron chi connectivity index (χ4n) is 3.52. The van der Waals surface area contributed by atoms with Gasteiger partial charge in [0.1, 0.15) is 5.75 Å². The minimum absolute atomic E-state index is 0.133. The molecule has 3 rings (SSSR count). The molecule has 2 aromatic rings. The highest BCUT2D eigenvalue weighted by Gasteiger charge is 2.21. The lowest BCUT2D eigenvalue weighted by Crippen LogP contribution is -2.26. The van der Waals surface area contributed by atoms with Gasteiger partial charge in [-0.25, -0.2) is 0 Å². The van der Waals surface area contributed by atoms with Gasteiger partial charge in [0, 0.05) is 11.4 Å². The van der Waals surface area contributed by atoms with Gasteiger partial charge in [-0.05, 0) is 66.7 Å². The molecule has 0 saturated carbocycles. The standard InChI is InChI=1S/C20H25NO2S/c1-23-19-8-2-6-16-10-9-15(13-18(16)19)5-3-11-21-20(22)14-17-7-4-12-24-17/h2,4,6-8,12,15H,3,5,9-11,13-14H2,1H3,(H,21,22)/t15-/m1/s1. The van der Waals surface area contributed by atoms with Crippen LogP contribution in [0.25, 0.3) is 0 Å². The molecule has 1 atom stereocenters. The highest BCUT2D eigenvalue weighted by atomic mass is 32.1. The van der Waals surface area contributed by atoms with Gasteiger partial charge < -0.3 is 10.1 Å². The lowest BCUT2D eigenvalue weighted by atomic mass is 9.81. The number of benzene rings is 1. The fraction of sp³-hybridized carbons (Fsp3) is 0.450. The predicted octanol–water partition coefficient (Wildman–Crippen LogP) is 4.00. The summed E-state index contributed by atoms with van der Waals surface area (Å²) in [6.45, 7) is 0.777. The van der Waals surface area contributed by atoms with Crippen molar-refractivity contribution in [3.8, 4) is 5.75 Å². The van der Waals surface area contributed by atoms with Gasteiger partial charge in [0.2, 0.25) is 5.91 Å². The Bertz CT molecular complexity index is 652. The summed E-state index contributed by atoms with van der Waals surface area (Å²) in [5, 5.41) is 5.06. The number of amides is 1. The summed E-state index contributed by atoms with van der Waals surface area (Å²) in [4.78, 5) is 13.0. The molecule has 24 heavy (non-hydrogen) atoms. The molecular weight excluding hydrogens is 318 g/mol. The van der Waals surface area contributed by atoms with E-state index in [-0.39, 0.29) is 5.91 Å². The Labute approximate surface area is 148 Å². The Morgan fingerprint density at radius 2 is 2.25 bits per heavy atom. The van der Waals surface area contributed by atoms with Crippen molar-refractivity contribution in [3.63, 3.8) is 0 Å². The first-order valence-electron chi connectivity index (χ1n) is 8.70. The molecule has 128 valence electrons. The van der Waals surface area contributed by atoms with Crippen LogP contribution in [0.5, 0.6) is 5.75 Å². The molecule has 1 aliphatic rings. The number of fused-ring (bicyclic) bond motifs is 1. The molecule has 4 heteroatoms. The van der Waals surface area contributed by atoms with E-state index in [9.17, 15) is 4.79 Å². The summed E-state index contributed by atoms with van der Waals surface area (Å²) < 4.78 is 5.51. The van der Waals surface area contributed by atoms with Gasteiger partial charge in [0.05, 0.1) is 13.5 Å². The molecule has 0 saturated heterocycles. The topological polar surface area (TPSA) is 38.3 Å². The third kappa shape index (κ3) is 4.38. The predicted molar refractivity (Wildman–Crippen MR) is 98.8 cm³/mol. The molecule has 1 N–H and O–H groups in total. The number of hydrogen-bond donors (Lipinski definition) is 1. The molecule has 0 unspecified atom stereocenters. The average Bonchev–Trinajstić information content (AvgIpc) is 3.11. The number of rotatable bonds is 7. The van der Waals surface area contributed by atoms with E-state index in [4.69, 9.17) is 4.74 Å². The maximum Gasteiger partial charge on any atom is 0.225 e. The van der Waals surface area contributed by atoms with Crippen LogP contribution in [0, 0.1) is 5.92 Å². The first-order chi connectivity index (χ1) is 11.8. The maximum absolute atomic E-state index is 11.9. The van der Waals surface area contributed by atoms with Crippen LogP contribution < -0.4 is 10.1 Å². The molecule has 0 fully saturated rings. The van der Waals surface area contributed by atoms with Crippen LogP contribution in [0.4, 0.5) is 0 Å². The molecule has 0 aliphatic heterocycles. The number of thiophene rings is 1. The maximum atomic E-state index is 11.9. The summed E-state index contributed by atoms with van der Waals surface area (Å²) in [6.07, 6.45) is 6.20. The van der Waals surface area contributed by atoms with E-state index in [0.29, 0.717) is 12.3 Å². The Morgan fingerprint density at radius 3 is 3.04 bits per heavy atom. The van der Waals surface area contributed by atoms with E-state index in [0.717, 1.165) is 42.9 Å². The van der Waals surface area contributed by atoms with Crippen LogP contribution in [0.15, 0.2) is 35.7 Å². The monoisotopic (exact) mass is 343 g/mol. The summed E-state index contributed by atoms with van der Waals surface area (Å²) >= 11 is 1.64. The highest BCUT2D eigenvalue weighted by Crippen LogP contribution is 2.33. The summed E-state index contributed by atoms with van der Waals surface area (Å²) in [5.74, 6) is 1.86. The molecule has 1 heterocycles. The first-order valence-corrected chi connectivity index (χ1v) is 9.58. The van der Waals surface area contributed by atoms with Crippen LogP contribution in [0.1, 0.15) is 35.3 Å². The largest absolute Gasteiger partial charge is 0.496 e. The Morgan fingerprint density at radius 1 is 1.33 bits per heavy atom. The molecule has 1 aromatic heterocycles. The van der Waals surface area contributed by atoms with E-state index >= 15 is 0 Å². The molecule has 3 nitrogen and oxygen atoms in total. The zero-order valence-corrected chi connectivity index (χ0v) is 15.0. The minimum atomic E-state index is 0.133. The second-order valence-electron chi connectivity index (χ2n) is 6.46. The second kappa shape index (κ2) is 8.34. The van der Waals surface area contributed by atoms with Crippen molar-refractivity contribution in [2.24, 2.45) is 5.92 Å². The van der Waals surface area contributed by atoms with Crippen molar-refractivity contribution < 1.29 is 9.53 Å². The van der Waals surface area contributed by atoms with Gasteiger partial charge in [-0.2, -0.15) is 0 Å². The van der Waals surface area contributed by atoms with Crippen LogP contribution in [-0.4, -0.2) is 19.6 Å². The van der Waals surface area contributed by atoms with Gasteiger partial charge in [-0.15, -0.1) is 11.3 Å². The Balaban J connectivity index is 1.41. The van der Waals surface area contributed by atoms with Crippen LogP contribution >= 0.6 is 11.3 Å². The number of aryl methyl sites for hydroxylation is 1. The van der Waals surface area contributed by atoms with E-state index in [1.54, 1.807) is 18.4 Å². The number of ether oxygens (including phenoxy) is 1. The van der Waals surface area contributed by atoms with Crippen molar-refractivity contribution in [2.45, 2.75) is 38.5 Å². The highest BCUT2D eigenvalue weighted by molar-refractivity contribution is 7.10. The molecule has 0 spiro atoms. The number of carbonyl (C=O) groups excluding carboxylic acids is 1. The van der Waals surface area contributed by atoms with Gasteiger partial charge in [0.25, 0.3) is 0 Å². The number of carbonyl (C=O) groups is 1. The van der Waals surface area contributed by atoms with E-state index in [1.807, 2.05) is 17.5 Å². The Kier molecular flexibility index (Phi) is 5.91. The number of hydrogen-bond acceptors (Lipinski definition) is 3. The third-order valence-corrected chi connectivity index (χ3v) is 5.67. The molecule has 1 aromatic carbocycles. The molecular formula is C20H25NO2S. The Hall–Kier alpha value is -1.81. The zero-order valence-electron chi connectivity index (χ0n) is 14.2. The molecule has 1 amide bonds. The van der Waals surface area contributed by atoms with Crippen LogP contribution in [0.3, 0.4) is 0 Å². The van der Waals surface area contributed by atoms with E-state index < -0.39 is 0 Å². The molecule has 0 radical (unpaired) electrons. The van der Waals surface area contributed by atoms with Gasteiger partial charge in [0.15, 0.2) is 0 Å². The van der Waals surface area contributed by atoms with Gasteiger partial charge >= 0.3 is 0 Å². The zero-order chi connectivity index (χ0) is 16.8. The molecule has 0 bridgehead atoms. The fourth-order valence-corrected chi connectivity index (χ4v) is 4.22. The minimum Gasteiger partial charge on any atom is -0.496 e. The smallest absolute Gasteiger partial charge is 0.225 e. The van der Waals surface area contributed by atoms with Crippen molar-refractivity contribution >= 4 is 17.2 Å². The van der Waals surface area contributed by atoms with Crippen molar-refractivity contribution in [3.05, 3.63) is 51.7 Å². The quantitative estimate of drug-likeness (QED) is 0.772. The lowest BCUT2D eigenvalue weighted by Gasteiger charge is -2.26. The second-order valence-corrected chi connectivity index (χ2v) is 7.49.